The molecule has 1 amide bonds. The Morgan fingerprint density at radius 3 is 2.69 bits per heavy atom. The molecule has 1 N–H and O–H groups in total. The molecule has 2 aliphatic rings. The summed E-state index contributed by atoms with van der Waals surface area (Å²) < 4.78 is 13.8. The van der Waals surface area contributed by atoms with Gasteiger partial charge in [0.1, 0.15) is 5.82 Å². The molecular formula is C20H21FN2O3. The van der Waals surface area contributed by atoms with Crippen molar-refractivity contribution in [1.82, 2.24) is 9.88 Å². The van der Waals surface area contributed by atoms with Crippen LogP contribution in [0.5, 0.6) is 0 Å². The lowest BCUT2D eigenvalue weighted by molar-refractivity contribution is -0.144. The quantitative estimate of drug-likeness (QED) is 0.913. The summed E-state index contributed by atoms with van der Waals surface area (Å²) in [7, 11) is 0. The molecule has 0 radical (unpaired) electrons. The van der Waals surface area contributed by atoms with E-state index >= 15 is 0 Å². The number of hydrogen-bond donors (Lipinski definition) is 1. The lowest BCUT2D eigenvalue weighted by Gasteiger charge is -2.37. The Hall–Kier alpha value is -2.50. The molecular weight excluding hydrogens is 335 g/mol. The Bertz CT molecular complexity index is 894. The Balaban J connectivity index is 1.78. The van der Waals surface area contributed by atoms with Crippen molar-refractivity contribution in [3.63, 3.8) is 0 Å². The van der Waals surface area contributed by atoms with E-state index in [1.165, 1.54) is 12.1 Å². The number of piperidine rings is 1. The molecule has 1 aliphatic heterocycles. The minimum atomic E-state index is -0.876. The van der Waals surface area contributed by atoms with Crippen molar-refractivity contribution in [2.75, 3.05) is 6.54 Å². The number of benzene rings is 1. The van der Waals surface area contributed by atoms with E-state index in [0.29, 0.717) is 41.8 Å². The van der Waals surface area contributed by atoms with Crippen molar-refractivity contribution in [2.45, 2.75) is 44.6 Å². The van der Waals surface area contributed by atoms with E-state index in [2.05, 4.69) is 4.98 Å². The number of amides is 1. The van der Waals surface area contributed by atoms with Crippen LogP contribution in [0, 0.1) is 11.7 Å². The molecule has 2 heterocycles. The van der Waals surface area contributed by atoms with E-state index in [9.17, 15) is 19.1 Å². The van der Waals surface area contributed by atoms with Crippen LogP contribution in [0.15, 0.2) is 24.3 Å². The highest BCUT2D eigenvalue weighted by atomic mass is 19.1. The van der Waals surface area contributed by atoms with E-state index in [0.717, 1.165) is 18.5 Å². The standard InChI is InChI=1S/C20H21FN2O3/c1-11-14(20(25)26)3-2-8-23(11)19(24)16-10-18(12-4-5-12)22-17-7-6-13(21)9-15(16)17/h6-7,9-12,14H,2-5,8H2,1H3,(H,25,26)/t11-,14-/m1/s1. The molecule has 5 nitrogen and oxygen atoms in total. The van der Waals surface area contributed by atoms with Crippen molar-refractivity contribution in [3.8, 4) is 0 Å². The lowest BCUT2D eigenvalue weighted by Crippen LogP contribution is -2.49. The first-order chi connectivity index (χ1) is 12.5. The fraction of sp³-hybridized carbons (Fsp3) is 0.450. The SMILES string of the molecule is C[C@@H]1[C@H](C(=O)O)CCCN1C(=O)c1cc(C2CC2)nc2ccc(F)cc12. The zero-order valence-corrected chi connectivity index (χ0v) is 14.6. The number of carbonyl (C=O) groups excluding carboxylic acids is 1. The number of likely N-dealkylation sites (tertiary alicyclic amines) is 1. The van der Waals surface area contributed by atoms with Gasteiger partial charge in [0, 0.05) is 29.6 Å². The summed E-state index contributed by atoms with van der Waals surface area (Å²) in [6.45, 7) is 2.29. The fourth-order valence-electron chi connectivity index (χ4n) is 3.90. The Morgan fingerprint density at radius 2 is 2.00 bits per heavy atom. The molecule has 2 atom stereocenters. The zero-order chi connectivity index (χ0) is 18.4. The molecule has 1 aliphatic carbocycles. The van der Waals surface area contributed by atoms with Gasteiger partial charge in [0.25, 0.3) is 5.91 Å². The second-order valence-electron chi connectivity index (χ2n) is 7.36. The molecule has 26 heavy (non-hydrogen) atoms. The van der Waals surface area contributed by atoms with Gasteiger partial charge >= 0.3 is 5.97 Å². The van der Waals surface area contributed by atoms with Crippen LogP contribution < -0.4 is 0 Å². The van der Waals surface area contributed by atoms with E-state index in [-0.39, 0.29) is 5.91 Å². The number of hydrogen-bond acceptors (Lipinski definition) is 3. The van der Waals surface area contributed by atoms with Crippen LogP contribution in [0.2, 0.25) is 0 Å². The van der Waals surface area contributed by atoms with E-state index in [4.69, 9.17) is 0 Å². The monoisotopic (exact) mass is 356 g/mol. The Labute approximate surface area is 150 Å². The van der Waals surface area contributed by atoms with Gasteiger partial charge in [-0.25, -0.2) is 4.39 Å². The number of fused-ring (bicyclic) bond motifs is 1. The average Bonchev–Trinajstić information content (AvgIpc) is 3.45. The van der Waals surface area contributed by atoms with Gasteiger partial charge in [-0.05, 0) is 56.9 Å². The molecule has 1 aromatic carbocycles. The van der Waals surface area contributed by atoms with Gasteiger partial charge in [-0.2, -0.15) is 0 Å². The van der Waals surface area contributed by atoms with Crippen LogP contribution in [0.3, 0.4) is 0 Å². The first kappa shape index (κ1) is 16.9. The minimum absolute atomic E-state index is 0.233. The van der Waals surface area contributed by atoms with Crippen LogP contribution in [0.25, 0.3) is 10.9 Å². The molecule has 0 bridgehead atoms. The smallest absolute Gasteiger partial charge is 0.308 e. The normalized spacial score (nSPS) is 23.2. The van der Waals surface area contributed by atoms with Gasteiger partial charge in [0.05, 0.1) is 17.0 Å². The predicted molar refractivity (Wildman–Crippen MR) is 94.5 cm³/mol. The maximum absolute atomic E-state index is 13.8. The largest absolute Gasteiger partial charge is 0.481 e. The fourth-order valence-corrected chi connectivity index (χ4v) is 3.90. The van der Waals surface area contributed by atoms with Crippen molar-refractivity contribution < 1.29 is 19.1 Å². The number of carboxylic acid groups (broad SMARTS) is 1. The van der Waals surface area contributed by atoms with Crippen LogP contribution in [-0.2, 0) is 4.79 Å². The highest BCUT2D eigenvalue weighted by Gasteiger charge is 2.36. The molecule has 4 rings (SSSR count). The first-order valence-electron chi connectivity index (χ1n) is 9.09. The van der Waals surface area contributed by atoms with Gasteiger partial charge in [-0.1, -0.05) is 0 Å². The topological polar surface area (TPSA) is 70.5 Å². The molecule has 2 fully saturated rings. The number of halogens is 1. The van der Waals surface area contributed by atoms with Crippen LogP contribution >= 0.6 is 0 Å². The third-order valence-electron chi connectivity index (χ3n) is 5.58. The molecule has 0 unspecified atom stereocenters. The van der Waals surface area contributed by atoms with Gasteiger partial charge in [0.15, 0.2) is 0 Å². The number of rotatable bonds is 3. The summed E-state index contributed by atoms with van der Waals surface area (Å²) in [6, 6.07) is 5.68. The molecule has 0 spiro atoms. The molecule has 136 valence electrons. The van der Waals surface area contributed by atoms with Crippen molar-refractivity contribution >= 4 is 22.8 Å². The number of pyridine rings is 1. The van der Waals surface area contributed by atoms with Gasteiger partial charge < -0.3 is 10.0 Å². The van der Waals surface area contributed by atoms with E-state index in [1.807, 2.05) is 0 Å². The maximum atomic E-state index is 13.8. The van der Waals surface area contributed by atoms with Crippen molar-refractivity contribution in [3.05, 3.63) is 41.3 Å². The van der Waals surface area contributed by atoms with E-state index in [1.54, 1.807) is 24.0 Å². The molecule has 6 heteroatoms. The zero-order valence-electron chi connectivity index (χ0n) is 14.6. The first-order valence-corrected chi connectivity index (χ1v) is 9.09. The minimum Gasteiger partial charge on any atom is -0.481 e. The van der Waals surface area contributed by atoms with Crippen molar-refractivity contribution in [2.24, 2.45) is 5.92 Å². The molecule has 2 aromatic rings. The number of aromatic nitrogens is 1. The second-order valence-corrected chi connectivity index (χ2v) is 7.36. The van der Waals surface area contributed by atoms with Crippen LogP contribution in [0.1, 0.15) is 54.6 Å². The van der Waals surface area contributed by atoms with Crippen molar-refractivity contribution in [1.29, 1.82) is 0 Å². The third-order valence-corrected chi connectivity index (χ3v) is 5.58. The predicted octanol–water partition coefficient (Wildman–Crippen LogP) is 3.58. The summed E-state index contributed by atoms with van der Waals surface area (Å²) in [4.78, 5) is 31.0. The molecule has 1 saturated carbocycles. The average molecular weight is 356 g/mol. The summed E-state index contributed by atoms with van der Waals surface area (Å²) in [5.41, 5.74) is 1.90. The van der Waals surface area contributed by atoms with Gasteiger partial charge in [-0.15, -0.1) is 0 Å². The summed E-state index contributed by atoms with van der Waals surface area (Å²) in [5.74, 6) is -1.73. The van der Waals surface area contributed by atoms with Gasteiger partial charge in [0.2, 0.25) is 0 Å². The number of aliphatic carboxylic acids is 1. The summed E-state index contributed by atoms with van der Waals surface area (Å²) >= 11 is 0. The summed E-state index contributed by atoms with van der Waals surface area (Å²) in [6.07, 6.45) is 3.32. The highest BCUT2D eigenvalue weighted by Crippen LogP contribution is 2.40. The Kier molecular flexibility index (Phi) is 4.13. The van der Waals surface area contributed by atoms with Gasteiger partial charge in [-0.3, -0.25) is 14.6 Å². The number of carbonyl (C=O) groups is 2. The third kappa shape index (κ3) is 2.93. The maximum Gasteiger partial charge on any atom is 0.308 e. The summed E-state index contributed by atoms with van der Waals surface area (Å²) in [5, 5.41) is 9.90. The second kappa shape index (κ2) is 6.34. The highest BCUT2D eigenvalue weighted by molar-refractivity contribution is 6.06. The number of carboxylic acids is 1. The van der Waals surface area contributed by atoms with Crippen LogP contribution in [-0.4, -0.2) is 39.5 Å². The number of nitrogens with zero attached hydrogens (tertiary/aromatic N) is 2. The van der Waals surface area contributed by atoms with Crippen LogP contribution in [0.4, 0.5) is 4.39 Å². The van der Waals surface area contributed by atoms with E-state index < -0.39 is 23.7 Å². The lowest BCUT2D eigenvalue weighted by atomic mass is 9.89. The molecule has 1 saturated heterocycles. The molecule has 1 aromatic heterocycles. The Morgan fingerprint density at radius 1 is 1.23 bits per heavy atom.